The molecular weight excluding hydrogens is 178 g/mol. The molecule has 1 atom stereocenters. The number of rotatable bonds is 1. The van der Waals surface area contributed by atoms with E-state index in [0.717, 1.165) is 0 Å². The Bertz CT molecular complexity index is 245. The van der Waals surface area contributed by atoms with Crippen LogP contribution in [0.1, 0.15) is 38.2 Å². The van der Waals surface area contributed by atoms with Crippen molar-refractivity contribution in [3.63, 3.8) is 0 Å². The van der Waals surface area contributed by atoms with Gasteiger partial charge in [0.05, 0.1) is 0 Å². The minimum atomic E-state index is 0.247. The highest BCUT2D eigenvalue weighted by Gasteiger charge is 2.26. The van der Waals surface area contributed by atoms with Crippen molar-refractivity contribution in [2.24, 2.45) is 0 Å². The summed E-state index contributed by atoms with van der Waals surface area (Å²) in [5.41, 5.74) is 1.72. The minimum absolute atomic E-state index is 0.247. The van der Waals surface area contributed by atoms with Gasteiger partial charge in [0.15, 0.2) is 0 Å². The van der Waals surface area contributed by atoms with Crippen LogP contribution in [0.2, 0.25) is 0 Å². The summed E-state index contributed by atoms with van der Waals surface area (Å²) >= 11 is 1.80. The molecule has 0 amide bonds. The molecule has 1 aliphatic rings. The zero-order valence-corrected chi connectivity index (χ0v) is 8.99. The predicted molar refractivity (Wildman–Crippen MR) is 58.1 cm³/mol. The van der Waals surface area contributed by atoms with E-state index in [1.807, 2.05) is 0 Å². The molecule has 0 spiro atoms. The van der Waals surface area contributed by atoms with E-state index >= 15 is 0 Å². The molecule has 1 fully saturated rings. The third kappa shape index (κ3) is 1.94. The highest BCUT2D eigenvalue weighted by Crippen LogP contribution is 2.30. The van der Waals surface area contributed by atoms with Crippen LogP contribution in [0.5, 0.6) is 0 Å². The van der Waals surface area contributed by atoms with E-state index in [2.05, 4.69) is 29.1 Å². The Hall–Kier alpha value is -0.340. The molecular formula is C11H17NS. The van der Waals surface area contributed by atoms with Gasteiger partial charge in [-0.1, -0.05) is 12.8 Å². The first-order valence-corrected chi connectivity index (χ1v) is 6.03. The van der Waals surface area contributed by atoms with Crippen LogP contribution in [0.15, 0.2) is 16.8 Å². The molecule has 0 aliphatic carbocycles. The lowest BCUT2D eigenvalue weighted by molar-refractivity contribution is 0.361. The highest BCUT2D eigenvalue weighted by atomic mass is 32.1. The second kappa shape index (κ2) is 3.81. The van der Waals surface area contributed by atoms with Crippen LogP contribution >= 0.6 is 11.3 Å². The predicted octanol–water partition coefficient (Wildman–Crippen LogP) is 3.13. The quantitative estimate of drug-likeness (QED) is 0.726. The van der Waals surface area contributed by atoms with Gasteiger partial charge in [0.2, 0.25) is 0 Å². The van der Waals surface area contributed by atoms with Crippen LogP contribution in [-0.2, 0) is 5.54 Å². The van der Waals surface area contributed by atoms with Crippen molar-refractivity contribution in [3.05, 3.63) is 22.4 Å². The molecule has 1 saturated heterocycles. The van der Waals surface area contributed by atoms with Gasteiger partial charge >= 0.3 is 0 Å². The van der Waals surface area contributed by atoms with Gasteiger partial charge in [-0.3, -0.25) is 0 Å². The van der Waals surface area contributed by atoms with Crippen molar-refractivity contribution in [3.8, 4) is 0 Å². The van der Waals surface area contributed by atoms with Crippen LogP contribution in [0.4, 0.5) is 0 Å². The van der Waals surface area contributed by atoms with E-state index < -0.39 is 0 Å². The first-order valence-electron chi connectivity index (χ1n) is 5.09. The third-order valence-corrected chi connectivity index (χ3v) is 3.71. The normalized spacial score (nSPS) is 29.9. The summed E-state index contributed by atoms with van der Waals surface area (Å²) in [7, 11) is 0. The fourth-order valence-corrected chi connectivity index (χ4v) is 2.85. The largest absolute Gasteiger partial charge is 0.308 e. The molecule has 0 radical (unpaired) electrons. The minimum Gasteiger partial charge on any atom is -0.308 e. The number of thiophene rings is 1. The third-order valence-electron chi connectivity index (χ3n) is 3.03. The van der Waals surface area contributed by atoms with Gasteiger partial charge < -0.3 is 5.32 Å². The molecule has 0 bridgehead atoms. The molecule has 2 heteroatoms. The van der Waals surface area contributed by atoms with Crippen LogP contribution in [0, 0.1) is 0 Å². The van der Waals surface area contributed by atoms with E-state index in [9.17, 15) is 0 Å². The average molecular weight is 195 g/mol. The molecule has 13 heavy (non-hydrogen) atoms. The maximum absolute atomic E-state index is 3.67. The maximum atomic E-state index is 3.67. The Balaban J connectivity index is 2.17. The second-order valence-electron chi connectivity index (χ2n) is 4.08. The average Bonchev–Trinajstić information content (AvgIpc) is 2.57. The van der Waals surface area contributed by atoms with Gasteiger partial charge in [-0.25, -0.2) is 0 Å². The molecule has 1 aromatic rings. The van der Waals surface area contributed by atoms with Crippen LogP contribution < -0.4 is 5.32 Å². The molecule has 72 valence electrons. The van der Waals surface area contributed by atoms with E-state index in [1.54, 1.807) is 11.3 Å². The van der Waals surface area contributed by atoms with E-state index in [4.69, 9.17) is 0 Å². The van der Waals surface area contributed by atoms with Gasteiger partial charge in [-0.05, 0) is 48.7 Å². The Labute approximate surface area is 84.2 Å². The summed E-state index contributed by atoms with van der Waals surface area (Å²) in [5.74, 6) is 0. The van der Waals surface area contributed by atoms with Gasteiger partial charge in [-0.15, -0.1) is 0 Å². The highest BCUT2D eigenvalue weighted by molar-refractivity contribution is 7.08. The van der Waals surface area contributed by atoms with Gasteiger partial charge in [0.25, 0.3) is 0 Å². The van der Waals surface area contributed by atoms with Crippen molar-refractivity contribution in [1.29, 1.82) is 0 Å². The molecule has 1 unspecified atom stereocenters. The maximum Gasteiger partial charge on any atom is 0.0414 e. The van der Waals surface area contributed by atoms with Crippen LogP contribution in [0.25, 0.3) is 0 Å². The van der Waals surface area contributed by atoms with Crippen molar-refractivity contribution in [2.45, 2.75) is 38.1 Å². The molecule has 1 aliphatic heterocycles. The Morgan fingerprint density at radius 2 is 2.31 bits per heavy atom. The first kappa shape index (κ1) is 9.22. The van der Waals surface area contributed by atoms with Gasteiger partial charge in [-0.2, -0.15) is 11.3 Å². The Morgan fingerprint density at radius 3 is 3.08 bits per heavy atom. The lowest BCUT2D eigenvalue weighted by Crippen LogP contribution is -2.38. The Morgan fingerprint density at radius 1 is 1.38 bits per heavy atom. The topological polar surface area (TPSA) is 12.0 Å². The van der Waals surface area contributed by atoms with E-state index in [0.29, 0.717) is 0 Å². The van der Waals surface area contributed by atoms with Gasteiger partial charge in [0, 0.05) is 5.54 Å². The smallest absolute Gasteiger partial charge is 0.0414 e. The summed E-state index contributed by atoms with van der Waals surface area (Å²) in [4.78, 5) is 0. The number of hydrogen-bond donors (Lipinski definition) is 1. The fourth-order valence-electron chi connectivity index (χ4n) is 2.06. The van der Waals surface area contributed by atoms with Crippen molar-refractivity contribution in [1.82, 2.24) is 5.32 Å². The number of hydrogen-bond acceptors (Lipinski definition) is 2. The lowest BCUT2D eigenvalue weighted by atomic mass is 9.90. The Kier molecular flexibility index (Phi) is 2.70. The molecule has 2 rings (SSSR count). The molecule has 1 nitrogen and oxygen atoms in total. The SMILES string of the molecule is CC1(c2ccsc2)CCCCCN1. The standard InChI is InChI=1S/C11H17NS/c1-11(10-5-8-13-9-10)6-3-2-4-7-12-11/h5,8-9,12H,2-4,6-7H2,1H3. The van der Waals surface area contributed by atoms with Crippen molar-refractivity contribution >= 4 is 11.3 Å². The molecule has 0 saturated carbocycles. The molecule has 2 heterocycles. The number of nitrogens with one attached hydrogen (secondary N) is 1. The molecule has 0 aromatic carbocycles. The summed E-state index contributed by atoms with van der Waals surface area (Å²) in [6.07, 6.45) is 5.36. The van der Waals surface area contributed by atoms with Crippen molar-refractivity contribution < 1.29 is 0 Å². The zero-order valence-electron chi connectivity index (χ0n) is 8.18. The molecule has 1 aromatic heterocycles. The lowest BCUT2D eigenvalue weighted by Gasteiger charge is -2.28. The van der Waals surface area contributed by atoms with Crippen molar-refractivity contribution in [2.75, 3.05) is 6.54 Å². The van der Waals surface area contributed by atoms with Gasteiger partial charge in [0.1, 0.15) is 0 Å². The van der Waals surface area contributed by atoms with Crippen LogP contribution in [-0.4, -0.2) is 6.54 Å². The van der Waals surface area contributed by atoms with E-state index in [1.165, 1.54) is 37.8 Å². The fraction of sp³-hybridized carbons (Fsp3) is 0.636. The van der Waals surface area contributed by atoms with E-state index in [-0.39, 0.29) is 5.54 Å². The summed E-state index contributed by atoms with van der Waals surface area (Å²) in [6, 6.07) is 2.25. The first-order chi connectivity index (χ1) is 6.31. The molecule has 1 N–H and O–H groups in total. The monoisotopic (exact) mass is 195 g/mol. The second-order valence-corrected chi connectivity index (χ2v) is 4.86. The zero-order chi connectivity index (χ0) is 9.15. The van der Waals surface area contributed by atoms with Crippen LogP contribution in [0.3, 0.4) is 0 Å². The summed E-state index contributed by atoms with van der Waals surface area (Å²) in [6.45, 7) is 3.51. The summed E-state index contributed by atoms with van der Waals surface area (Å²) in [5, 5.41) is 8.12. The summed E-state index contributed by atoms with van der Waals surface area (Å²) < 4.78 is 0.